The fourth-order valence-electron chi connectivity index (χ4n) is 3.93. The van der Waals surface area contributed by atoms with E-state index in [-0.39, 0.29) is 29.9 Å². The van der Waals surface area contributed by atoms with E-state index in [2.05, 4.69) is 49.2 Å². The Morgan fingerprint density at radius 2 is 1.78 bits per heavy atom. The molecule has 0 aromatic carbocycles. The lowest BCUT2D eigenvalue weighted by atomic mass is 10.2. The van der Waals surface area contributed by atoms with Gasteiger partial charge in [-0.15, -0.1) is 24.0 Å². The van der Waals surface area contributed by atoms with Crippen molar-refractivity contribution in [3.05, 3.63) is 48.0 Å². The Bertz CT molecular complexity index is 872. The second kappa shape index (κ2) is 11.5. The molecule has 0 unspecified atom stereocenters. The molecule has 4 rings (SSSR count). The van der Waals surface area contributed by atoms with Crippen molar-refractivity contribution in [2.24, 2.45) is 4.99 Å². The number of nitrogens with zero attached hydrogens (tertiary/aromatic N) is 6. The maximum Gasteiger partial charge on any atom is 0.289 e. The van der Waals surface area contributed by atoms with Gasteiger partial charge in [-0.1, -0.05) is 6.07 Å². The lowest BCUT2D eigenvalue weighted by Gasteiger charge is -2.36. The Morgan fingerprint density at radius 1 is 1.06 bits per heavy atom. The summed E-state index contributed by atoms with van der Waals surface area (Å²) < 4.78 is 5.23. The van der Waals surface area contributed by atoms with Crippen LogP contribution in [0.4, 0.5) is 5.82 Å². The third-order valence-electron chi connectivity index (χ3n) is 5.90. The summed E-state index contributed by atoms with van der Waals surface area (Å²) in [5, 5.41) is 3.43. The second-order valence-corrected chi connectivity index (χ2v) is 7.97. The monoisotopic (exact) mass is 553 g/mol. The molecule has 2 aliphatic rings. The first-order chi connectivity index (χ1) is 15.1. The van der Waals surface area contributed by atoms with Gasteiger partial charge in [-0.2, -0.15) is 0 Å². The Balaban J connectivity index is 0.00000289. The minimum atomic E-state index is -0.0564. The highest BCUT2D eigenvalue weighted by Crippen LogP contribution is 2.14. The molecule has 2 fully saturated rings. The number of rotatable bonds is 4. The molecule has 0 spiro atoms. The van der Waals surface area contributed by atoms with E-state index in [1.165, 1.54) is 6.26 Å². The summed E-state index contributed by atoms with van der Waals surface area (Å²) >= 11 is 0. The number of furan rings is 1. The molecule has 2 aliphatic heterocycles. The van der Waals surface area contributed by atoms with Crippen LogP contribution < -0.4 is 10.2 Å². The normalized spacial score (nSPS) is 17.8. The van der Waals surface area contributed by atoms with E-state index in [4.69, 9.17) is 4.42 Å². The summed E-state index contributed by atoms with van der Waals surface area (Å²) in [4.78, 5) is 30.2. The van der Waals surface area contributed by atoms with Gasteiger partial charge in [-0.25, -0.2) is 4.98 Å². The number of halogens is 1. The highest BCUT2D eigenvalue weighted by molar-refractivity contribution is 14.0. The van der Waals surface area contributed by atoms with Crippen LogP contribution >= 0.6 is 24.0 Å². The molecule has 1 N–H and O–H groups in total. The first-order valence-corrected chi connectivity index (χ1v) is 10.8. The quantitative estimate of drug-likeness (QED) is 0.350. The molecule has 2 saturated heterocycles. The van der Waals surface area contributed by atoms with Crippen LogP contribution in [-0.2, 0) is 6.54 Å². The van der Waals surface area contributed by atoms with Gasteiger partial charge in [-0.05, 0) is 30.8 Å². The van der Waals surface area contributed by atoms with E-state index in [0.29, 0.717) is 25.4 Å². The molecule has 0 bridgehead atoms. The number of carbonyl (C=O) groups excluding carboxylic acids is 1. The van der Waals surface area contributed by atoms with Gasteiger partial charge in [0.2, 0.25) is 0 Å². The summed E-state index contributed by atoms with van der Waals surface area (Å²) in [6, 6.07) is 7.67. The molecule has 0 atom stereocenters. The Morgan fingerprint density at radius 3 is 2.38 bits per heavy atom. The predicted molar refractivity (Wildman–Crippen MR) is 136 cm³/mol. The number of carbonyl (C=O) groups is 1. The van der Waals surface area contributed by atoms with E-state index in [0.717, 1.165) is 56.6 Å². The van der Waals surface area contributed by atoms with Crippen LogP contribution in [0.2, 0.25) is 0 Å². The number of pyridine rings is 1. The number of aliphatic imine (C=N–C) groups is 1. The van der Waals surface area contributed by atoms with Crippen LogP contribution in [0, 0.1) is 0 Å². The molecule has 10 heteroatoms. The van der Waals surface area contributed by atoms with Gasteiger partial charge in [0.05, 0.1) is 6.26 Å². The number of hydrogen-bond acceptors (Lipinski definition) is 6. The molecule has 4 heterocycles. The van der Waals surface area contributed by atoms with Crippen molar-refractivity contribution in [3.63, 3.8) is 0 Å². The van der Waals surface area contributed by atoms with Crippen molar-refractivity contribution in [2.45, 2.75) is 6.54 Å². The van der Waals surface area contributed by atoms with Crippen molar-refractivity contribution >= 4 is 41.7 Å². The summed E-state index contributed by atoms with van der Waals surface area (Å²) in [6.45, 7) is 7.57. The molecule has 2 aromatic rings. The molecule has 9 nitrogen and oxygen atoms in total. The van der Waals surface area contributed by atoms with E-state index in [1.807, 2.05) is 11.1 Å². The van der Waals surface area contributed by atoms with Gasteiger partial charge in [-0.3, -0.25) is 9.79 Å². The number of aromatic nitrogens is 1. The van der Waals surface area contributed by atoms with E-state index >= 15 is 0 Å². The van der Waals surface area contributed by atoms with Gasteiger partial charge in [0.1, 0.15) is 5.82 Å². The third kappa shape index (κ3) is 5.91. The third-order valence-corrected chi connectivity index (χ3v) is 5.90. The van der Waals surface area contributed by atoms with Crippen LogP contribution in [0.5, 0.6) is 0 Å². The highest BCUT2D eigenvalue weighted by atomic mass is 127. The molecule has 1 amide bonds. The van der Waals surface area contributed by atoms with Crippen molar-refractivity contribution in [3.8, 4) is 0 Å². The Labute approximate surface area is 206 Å². The van der Waals surface area contributed by atoms with Crippen LogP contribution in [0.15, 0.2) is 46.1 Å². The molecular weight excluding hydrogens is 521 g/mol. The fraction of sp³-hybridized carbons (Fsp3) is 0.500. The molecule has 0 aliphatic carbocycles. The number of amides is 1. The number of guanidine groups is 1. The maximum absolute atomic E-state index is 12.4. The molecule has 2 aromatic heterocycles. The summed E-state index contributed by atoms with van der Waals surface area (Å²) in [7, 11) is 3.95. The number of anilines is 1. The Hall–Kier alpha value is -2.34. The van der Waals surface area contributed by atoms with Gasteiger partial charge in [0.25, 0.3) is 5.91 Å². The lowest BCUT2D eigenvalue weighted by Crippen LogP contribution is -2.53. The maximum atomic E-state index is 12.4. The van der Waals surface area contributed by atoms with Crippen LogP contribution in [0.25, 0.3) is 0 Å². The van der Waals surface area contributed by atoms with Crippen molar-refractivity contribution in [2.75, 3.05) is 71.4 Å². The first kappa shape index (κ1) is 24.3. The number of hydrogen-bond donors (Lipinski definition) is 1. The highest BCUT2D eigenvalue weighted by Gasteiger charge is 2.25. The summed E-state index contributed by atoms with van der Waals surface area (Å²) in [6.07, 6.45) is 3.47. The zero-order chi connectivity index (χ0) is 21.6. The van der Waals surface area contributed by atoms with Crippen LogP contribution in [0.3, 0.4) is 0 Å². The second-order valence-electron chi connectivity index (χ2n) is 7.97. The smallest absolute Gasteiger partial charge is 0.289 e. The van der Waals surface area contributed by atoms with Gasteiger partial charge < -0.3 is 29.3 Å². The minimum Gasteiger partial charge on any atom is -0.459 e. The average Bonchev–Trinajstić information content (AvgIpc) is 3.35. The first-order valence-electron chi connectivity index (χ1n) is 10.8. The molecule has 0 saturated carbocycles. The fourth-order valence-corrected chi connectivity index (χ4v) is 3.93. The van der Waals surface area contributed by atoms with Crippen LogP contribution in [-0.4, -0.2) is 98.0 Å². The average molecular weight is 553 g/mol. The number of piperazine rings is 2. The summed E-state index contributed by atoms with van der Waals surface area (Å²) in [5.74, 6) is 2.22. The van der Waals surface area contributed by atoms with Gasteiger partial charge >= 0.3 is 0 Å². The van der Waals surface area contributed by atoms with Crippen LogP contribution in [0.1, 0.15) is 16.1 Å². The number of likely N-dealkylation sites (N-methyl/N-ethyl adjacent to an activating group) is 1. The van der Waals surface area contributed by atoms with E-state index in [1.54, 1.807) is 19.2 Å². The predicted octanol–water partition coefficient (Wildman–Crippen LogP) is 1.58. The van der Waals surface area contributed by atoms with E-state index in [9.17, 15) is 4.79 Å². The van der Waals surface area contributed by atoms with Crippen molar-refractivity contribution < 1.29 is 9.21 Å². The largest absolute Gasteiger partial charge is 0.459 e. The molecule has 174 valence electrons. The molecule has 0 radical (unpaired) electrons. The van der Waals surface area contributed by atoms with Gasteiger partial charge in [0, 0.05) is 72.1 Å². The zero-order valence-electron chi connectivity index (χ0n) is 18.7. The van der Waals surface area contributed by atoms with Gasteiger partial charge in [0.15, 0.2) is 11.7 Å². The molecular formula is C22H32IN7O2. The topological polar surface area (TPSA) is 80.5 Å². The van der Waals surface area contributed by atoms with Crippen molar-refractivity contribution in [1.29, 1.82) is 0 Å². The standard InChI is InChI=1S/C22H31N7O2.HI/c1-23-22(29-13-11-28(12-14-29)21(30)19-4-3-15-31-19)25-17-18-5-6-20(24-16-18)27-9-7-26(2)8-10-27;/h3-6,15-16H,7-14,17H2,1-2H3,(H,23,25);1H. The zero-order valence-corrected chi connectivity index (χ0v) is 21.1. The van der Waals surface area contributed by atoms with E-state index < -0.39 is 0 Å². The summed E-state index contributed by atoms with van der Waals surface area (Å²) in [5.41, 5.74) is 1.12. The Kier molecular flexibility index (Phi) is 8.74. The number of nitrogens with one attached hydrogen (secondary N) is 1. The molecule has 32 heavy (non-hydrogen) atoms. The lowest BCUT2D eigenvalue weighted by molar-refractivity contribution is 0.0657. The minimum absolute atomic E-state index is 0. The SMILES string of the molecule is CN=C(NCc1ccc(N2CCN(C)CC2)nc1)N1CCN(C(=O)c2ccco2)CC1.I. The van der Waals surface area contributed by atoms with Crippen molar-refractivity contribution in [1.82, 2.24) is 25.0 Å².